The first-order valence-electron chi connectivity index (χ1n) is 19.9. The van der Waals surface area contributed by atoms with Gasteiger partial charge >= 0.3 is 0 Å². The van der Waals surface area contributed by atoms with Crippen molar-refractivity contribution in [3.63, 3.8) is 0 Å². The average Bonchev–Trinajstić information content (AvgIpc) is 3.92. The van der Waals surface area contributed by atoms with Crippen LogP contribution in [-0.4, -0.2) is 4.57 Å². The Bertz CT molecular complexity index is 3430. The Morgan fingerprint density at radius 1 is 0.362 bits per heavy atom. The van der Waals surface area contributed by atoms with Crippen molar-refractivity contribution < 1.29 is 9.15 Å². The highest BCUT2D eigenvalue weighted by atomic mass is 16.5. The van der Waals surface area contributed by atoms with E-state index >= 15 is 0 Å². The molecule has 58 heavy (non-hydrogen) atoms. The van der Waals surface area contributed by atoms with E-state index in [1.807, 2.05) is 12.1 Å². The van der Waals surface area contributed by atoms with Gasteiger partial charge in [0.05, 0.1) is 16.4 Å². The Morgan fingerprint density at radius 3 is 1.79 bits per heavy atom. The van der Waals surface area contributed by atoms with Gasteiger partial charge in [0.2, 0.25) is 0 Å². The molecule has 0 bridgehead atoms. The fraction of sp³-hybridized carbons (Fsp3) is 0.0182. The Kier molecular flexibility index (Phi) is 6.37. The van der Waals surface area contributed by atoms with Crippen molar-refractivity contribution in [2.75, 3.05) is 0 Å². The maximum absolute atomic E-state index is 6.63. The van der Waals surface area contributed by atoms with E-state index in [2.05, 4.69) is 193 Å². The van der Waals surface area contributed by atoms with Crippen LogP contribution in [0.5, 0.6) is 11.5 Å². The molecular formula is C55H33NO2. The van der Waals surface area contributed by atoms with Crippen LogP contribution in [0, 0.1) is 0 Å². The lowest BCUT2D eigenvalue weighted by Gasteiger charge is -2.39. The number of aromatic nitrogens is 1. The van der Waals surface area contributed by atoms with Crippen molar-refractivity contribution in [1.29, 1.82) is 0 Å². The third-order valence-electron chi connectivity index (χ3n) is 12.7. The Morgan fingerprint density at radius 2 is 0.983 bits per heavy atom. The number of para-hydroxylation sites is 5. The molecule has 1 spiro atoms. The molecule has 2 aromatic heterocycles. The summed E-state index contributed by atoms with van der Waals surface area (Å²) in [6.07, 6.45) is 0. The summed E-state index contributed by atoms with van der Waals surface area (Å²) in [5.41, 5.74) is 16.8. The molecule has 2 aliphatic rings. The minimum atomic E-state index is -0.539. The van der Waals surface area contributed by atoms with Crippen molar-refractivity contribution in [2.24, 2.45) is 0 Å². The van der Waals surface area contributed by atoms with Gasteiger partial charge in [0.15, 0.2) is 0 Å². The molecule has 11 aromatic rings. The maximum atomic E-state index is 6.63. The quantitative estimate of drug-likeness (QED) is 0.180. The van der Waals surface area contributed by atoms with E-state index in [9.17, 15) is 0 Å². The minimum absolute atomic E-state index is 0.539. The predicted molar refractivity (Wildman–Crippen MR) is 236 cm³/mol. The van der Waals surface area contributed by atoms with Gasteiger partial charge in [-0.15, -0.1) is 0 Å². The van der Waals surface area contributed by atoms with E-state index < -0.39 is 5.41 Å². The summed E-state index contributed by atoms with van der Waals surface area (Å²) in [7, 11) is 0. The zero-order valence-corrected chi connectivity index (χ0v) is 31.3. The standard InChI is InChI=1S/C55H33NO2/c1-2-13-37(14-3-1)56-49-30-29-36(34-25-27-35(28-26-34)38-17-12-18-41-40-16-5-9-22-51(40)58-54(38)41)31-43(49)44-32-42-39-15-4-6-19-45(39)55(48(42)33-50(44)56)46-20-7-10-23-52(46)57-53-24-11-8-21-47(53)55/h1-33H. The second-order valence-electron chi connectivity index (χ2n) is 15.6. The van der Waals surface area contributed by atoms with Crippen molar-refractivity contribution in [1.82, 2.24) is 4.57 Å². The molecule has 0 atom stereocenters. The van der Waals surface area contributed by atoms with Gasteiger partial charge in [-0.3, -0.25) is 0 Å². The van der Waals surface area contributed by atoms with Crippen molar-refractivity contribution in [3.05, 3.63) is 222 Å². The smallest absolute Gasteiger partial charge is 0.143 e. The molecule has 0 amide bonds. The van der Waals surface area contributed by atoms with Crippen LogP contribution in [0.15, 0.2) is 205 Å². The summed E-state index contributed by atoms with van der Waals surface area (Å²) in [4.78, 5) is 0. The molecule has 0 N–H and O–H groups in total. The molecule has 0 unspecified atom stereocenters. The van der Waals surface area contributed by atoms with Gasteiger partial charge in [0, 0.05) is 43.9 Å². The number of nitrogens with zero attached hydrogens (tertiary/aromatic N) is 1. The number of rotatable bonds is 3. The molecule has 1 aliphatic heterocycles. The van der Waals surface area contributed by atoms with Gasteiger partial charge in [-0.1, -0.05) is 146 Å². The van der Waals surface area contributed by atoms with Gasteiger partial charge in [0.1, 0.15) is 22.7 Å². The Hall–Kier alpha value is -7.62. The van der Waals surface area contributed by atoms with Gasteiger partial charge in [-0.25, -0.2) is 0 Å². The number of hydrogen-bond acceptors (Lipinski definition) is 2. The average molecular weight is 740 g/mol. The lowest BCUT2D eigenvalue weighted by atomic mass is 9.66. The molecule has 0 fully saturated rings. The van der Waals surface area contributed by atoms with Crippen molar-refractivity contribution in [2.45, 2.75) is 5.41 Å². The monoisotopic (exact) mass is 739 g/mol. The summed E-state index contributed by atoms with van der Waals surface area (Å²) in [5, 5.41) is 4.74. The summed E-state index contributed by atoms with van der Waals surface area (Å²) in [6.45, 7) is 0. The van der Waals surface area contributed by atoms with Crippen LogP contribution in [0.4, 0.5) is 0 Å². The molecular weight excluding hydrogens is 707 g/mol. The largest absolute Gasteiger partial charge is 0.457 e. The van der Waals surface area contributed by atoms with Crippen LogP contribution in [0.25, 0.3) is 82.8 Å². The first-order chi connectivity index (χ1) is 28.8. The predicted octanol–water partition coefficient (Wildman–Crippen LogP) is 14.5. The van der Waals surface area contributed by atoms with Crippen LogP contribution in [0.3, 0.4) is 0 Å². The Balaban J connectivity index is 1.03. The minimum Gasteiger partial charge on any atom is -0.457 e. The van der Waals surface area contributed by atoms with Crippen LogP contribution in [-0.2, 0) is 5.41 Å². The van der Waals surface area contributed by atoms with Crippen molar-refractivity contribution in [3.8, 4) is 50.6 Å². The highest BCUT2D eigenvalue weighted by Gasteiger charge is 2.51. The van der Waals surface area contributed by atoms with E-state index in [0.29, 0.717) is 0 Å². The van der Waals surface area contributed by atoms with Gasteiger partial charge in [-0.05, 0) is 93.5 Å². The molecule has 3 heteroatoms. The Labute approximate surface area is 334 Å². The summed E-state index contributed by atoms with van der Waals surface area (Å²) < 4.78 is 15.5. The molecule has 9 aromatic carbocycles. The topological polar surface area (TPSA) is 27.3 Å². The van der Waals surface area contributed by atoms with E-state index in [4.69, 9.17) is 9.15 Å². The van der Waals surface area contributed by atoms with E-state index in [0.717, 1.165) is 50.3 Å². The normalized spacial score (nSPS) is 13.4. The summed E-state index contributed by atoms with van der Waals surface area (Å²) in [5.74, 6) is 1.80. The van der Waals surface area contributed by atoms with Gasteiger partial charge in [0.25, 0.3) is 0 Å². The molecule has 1 aliphatic carbocycles. The second-order valence-corrected chi connectivity index (χ2v) is 15.6. The SMILES string of the molecule is c1ccc(-n2c3ccc(-c4ccc(-c5cccc6c5oc5ccccc56)cc4)cc3c3cc4c(cc32)C2(c3ccccc3Oc3ccccc32)c2ccccc2-4)cc1. The summed E-state index contributed by atoms with van der Waals surface area (Å²) >= 11 is 0. The first-order valence-corrected chi connectivity index (χ1v) is 19.9. The number of fused-ring (bicyclic) bond motifs is 15. The van der Waals surface area contributed by atoms with Crippen molar-refractivity contribution >= 4 is 43.7 Å². The van der Waals surface area contributed by atoms with E-state index in [-0.39, 0.29) is 0 Å². The molecule has 270 valence electrons. The lowest BCUT2D eigenvalue weighted by Crippen LogP contribution is -2.32. The molecule has 0 saturated carbocycles. The van der Waals surface area contributed by atoms with Crippen LogP contribution in [0.2, 0.25) is 0 Å². The molecule has 0 radical (unpaired) electrons. The molecule has 3 nitrogen and oxygen atoms in total. The van der Waals surface area contributed by atoms with Crippen LogP contribution >= 0.6 is 0 Å². The molecule has 0 saturated heterocycles. The van der Waals surface area contributed by atoms with E-state index in [1.165, 1.54) is 66.3 Å². The fourth-order valence-corrected chi connectivity index (χ4v) is 10.2. The third-order valence-corrected chi connectivity index (χ3v) is 12.7. The molecule has 3 heterocycles. The van der Waals surface area contributed by atoms with Crippen LogP contribution in [0.1, 0.15) is 22.3 Å². The van der Waals surface area contributed by atoms with Gasteiger partial charge < -0.3 is 13.7 Å². The van der Waals surface area contributed by atoms with E-state index in [1.54, 1.807) is 0 Å². The number of benzene rings is 9. The maximum Gasteiger partial charge on any atom is 0.143 e. The zero-order valence-electron chi connectivity index (χ0n) is 31.3. The fourth-order valence-electron chi connectivity index (χ4n) is 10.2. The lowest BCUT2D eigenvalue weighted by molar-refractivity contribution is 0.436. The highest BCUT2D eigenvalue weighted by molar-refractivity contribution is 6.13. The second kappa shape index (κ2) is 11.7. The number of furan rings is 1. The highest BCUT2D eigenvalue weighted by Crippen LogP contribution is 2.62. The zero-order chi connectivity index (χ0) is 38.0. The number of hydrogen-bond donors (Lipinski definition) is 0. The third kappa shape index (κ3) is 4.17. The van der Waals surface area contributed by atoms with Gasteiger partial charge in [-0.2, -0.15) is 0 Å². The molecule has 13 rings (SSSR count). The first kappa shape index (κ1) is 31.6. The van der Waals surface area contributed by atoms with Crippen LogP contribution < -0.4 is 4.74 Å². The summed E-state index contributed by atoms with van der Waals surface area (Å²) in [6, 6.07) is 72.4. The number of ether oxygens (including phenoxy) is 1.